The zero-order valence-electron chi connectivity index (χ0n) is 17.2. The molecule has 0 bridgehead atoms. The van der Waals surface area contributed by atoms with Gasteiger partial charge < -0.3 is 9.47 Å². The molecule has 3 heterocycles. The second-order valence-electron chi connectivity index (χ2n) is 7.82. The van der Waals surface area contributed by atoms with E-state index in [0.717, 1.165) is 48.0 Å². The molecule has 1 aromatic carbocycles. The number of hydrogen-bond acceptors (Lipinski definition) is 5. The highest BCUT2D eigenvalue weighted by atomic mass is 32.1. The summed E-state index contributed by atoms with van der Waals surface area (Å²) in [5, 5.41) is 1.01. The highest BCUT2D eigenvalue weighted by Crippen LogP contribution is 2.27. The molecule has 0 N–H and O–H groups in total. The van der Waals surface area contributed by atoms with Crippen molar-refractivity contribution >= 4 is 16.5 Å². The van der Waals surface area contributed by atoms with Crippen molar-refractivity contribution in [3.63, 3.8) is 0 Å². The number of thiazole rings is 1. The molecule has 0 atom stereocenters. The molecule has 5 nitrogen and oxygen atoms in total. The molecule has 1 aliphatic rings. The zero-order valence-corrected chi connectivity index (χ0v) is 18.0. The van der Waals surface area contributed by atoms with Crippen molar-refractivity contribution in [2.75, 3.05) is 25.5 Å². The molecule has 4 rings (SSSR count). The summed E-state index contributed by atoms with van der Waals surface area (Å²) in [6.45, 7) is 4.26. The van der Waals surface area contributed by atoms with Crippen molar-refractivity contribution < 1.29 is 4.39 Å². The predicted octanol–water partition coefficient (Wildman–Crippen LogP) is 3.58. The van der Waals surface area contributed by atoms with Gasteiger partial charge in [-0.05, 0) is 41.8 Å². The molecule has 2 aromatic heterocycles. The monoisotopic (exact) mass is 412 g/mol. The summed E-state index contributed by atoms with van der Waals surface area (Å²) in [4.78, 5) is 23.0. The van der Waals surface area contributed by atoms with Crippen LogP contribution in [0.2, 0.25) is 0 Å². The lowest BCUT2D eigenvalue weighted by atomic mass is 9.98. The predicted molar refractivity (Wildman–Crippen MR) is 116 cm³/mol. The molecule has 0 radical (unpaired) electrons. The maximum Gasteiger partial charge on any atom is 0.258 e. The summed E-state index contributed by atoms with van der Waals surface area (Å²) < 4.78 is 15.4. The zero-order chi connectivity index (χ0) is 20.7. The van der Waals surface area contributed by atoms with E-state index in [4.69, 9.17) is 0 Å². The van der Waals surface area contributed by atoms with Crippen molar-refractivity contribution in [2.45, 2.75) is 26.4 Å². The molecule has 0 unspecified atom stereocenters. The standard InChI is InChI=1S/C22H25FN4OS/c1-14-9-15(5-6-19(14)23)18-10-16-12-27(8-7-20(16)26(4)21(18)28)13-17-11-24-22(29-17)25(2)3/h5-6,9-11H,7-8,12-13H2,1-4H3. The fraction of sp³-hybridized carbons (Fsp3) is 0.364. The largest absolute Gasteiger partial charge is 0.354 e. The van der Waals surface area contributed by atoms with Crippen molar-refractivity contribution in [2.24, 2.45) is 7.05 Å². The highest BCUT2D eigenvalue weighted by Gasteiger charge is 2.22. The van der Waals surface area contributed by atoms with E-state index >= 15 is 0 Å². The average molecular weight is 413 g/mol. The molecule has 0 amide bonds. The summed E-state index contributed by atoms with van der Waals surface area (Å²) >= 11 is 1.71. The lowest BCUT2D eigenvalue weighted by Crippen LogP contribution is -2.35. The van der Waals surface area contributed by atoms with E-state index in [1.165, 1.54) is 10.9 Å². The number of rotatable bonds is 4. The number of halogens is 1. The number of fused-ring (bicyclic) bond motifs is 1. The fourth-order valence-corrected chi connectivity index (χ4v) is 4.71. The first-order chi connectivity index (χ1) is 13.8. The van der Waals surface area contributed by atoms with Gasteiger partial charge in [0.15, 0.2) is 5.13 Å². The Labute approximate surface area is 174 Å². The molecule has 1 aliphatic heterocycles. The molecular weight excluding hydrogens is 387 g/mol. The average Bonchev–Trinajstić information content (AvgIpc) is 3.16. The van der Waals surface area contributed by atoms with E-state index < -0.39 is 0 Å². The van der Waals surface area contributed by atoms with Crippen molar-refractivity contribution in [1.29, 1.82) is 0 Å². The van der Waals surface area contributed by atoms with E-state index in [-0.39, 0.29) is 11.4 Å². The Bertz CT molecular complexity index is 1120. The number of hydrogen-bond donors (Lipinski definition) is 0. The Balaban J connectivity index is 1.64. The Hall–Kier alpha value is -2.51. The second kappa shape index (κ2) is 7.72. The molecule has 0 saturated heterocycles. The van der Waals surface area contributed by atoms with Gasteiger partial charge in [-0.15, -0.1) is 11.3 Å². The number of aromatic nitrogens is 2. The van der Waals surface area contributed by atoms with Crippen LogP contribution in [0.3, 0.4) is 0 Å². The highest BCUT2D eigenvalue weighted by molar-refractivity contribution is 7.15. The third-order valence-electron chi connectivity index (χ3n) is 5.46. The van der Waals surface area contributed by atoms with Gasteiger partial charge >= 0.3 is 0 Å². The molecule has 0 fully saturated rings. The molecule has 0 spiro atoms. The van der Waals surface area contributed by atoms with Gasteiger partial charge in [-0.2, -0.15) is 0 Å². The van der Waals surface area contributed by atoms with Gasteiger partial charge in [0.2, 0.25) is 0 Å². The number of pyridine rings is 1. The van der Waals surface area contributed by atoms with Gasteiger partial charge in [-0.25, -0.2) is 9.37 Å². The minimum absolute atomic E-state index is 0.0266. The van der Waals surface area contributed by atoms with Gasteiger partial charge in [0, 0.05) is 69.5 Å². The summed E-state index contributed by atoms with van der Waals surface area (Å²) in [6, 6.07) is 6.86. The SMILES string of the molecule is Cc1cc(-c2cc3c(n(C)c2=O)CCN(Cc2cnc(N(C)C)s2)C3)ccc1F. The van der Waals surface area contributed by atoms with E-state index in [1.807, 2.05) is 38.3 Å². The van der Waals surface area contributed by atoms with Crippen LogP contribution < -0.4 is 10.5 Å². The van der Waals surface area contributed by atoms with E-state index in [9.17, 15) is 9.18 Å². The number of aryl methyl sites for hydroxylation is 1. The van der Waals surface area contributed by atoms with E-state index in [1.54, 1.807) is 35.0 Å². The fourth-order valence-electron chi connectivity index (χ4n) is 3.84. The van der Waals surface area contributed by atoms with Gasteiger partial charge in [-0.3, -0.25) is 9.69 Å². The Morgan fingerprint density at radius 3 is 2.76 bits per heavy atom. The van der Waals surface area contributed by atoms with Crippen LogP contribution in [0.15, 0.2) is 35.3 Å². The molecule has 29 heavy (non-hydrogen) atoms. The lowest BCUT2D eigenvalue weighted by molar-refractivity contribution is 0.243. The van der Waals surface area contributed by atoms with E-state index in [2.05, 4.69) is 9.88 Å². The summed E-state index contributed by atoms with van der Waals surface area (Å²) in [5.41, 5.74) is 4.17. The Kier molecular flexibility index (Phi) is 5.27. The quantitative estimate of drug-likeness (QED) is 0.657. The lowest BCUT2D eigenvalue weighted by Gasteiger charge is -2.30. The van der Waals surface area contributed by atoms with Crippen LogP contribution in [0.4, 0.5) is 9.52 Å². The number of benzene rings is 1. The third-order valence-corrected chi connectivity index (χ3v) is 6.61. The minimum atomic E-state index is -0.253. The summed E-state index contributed by atoms with van der Waals surface area (Å²) in [6.07, 6.45) is 2.78. The number of anilines is 1. The van der Waals surface area contributed by atoms with Crippen LogP contribution in [-0.4, -0.2) is 35.1 Å². The van der Waals surface area contributed by atoms with Crippen LogP contribution in [0.5, 0.6) is 0 Å². The van der Waals surface area contributed by atoms with Gasteiger partial charge in [0.05, 0.1) is 0 Å². The van der Waals surface area contributed by atoms with Gasteiger partial charge in [0.1, 0.15) is 5.82 Å². The van der Waals surface area contributed by atoms with Crippen LogP contribution in [0, 0.1) is 12.7 Å². The summed E-state index contributed by atoms with van der Waals surface area (Å²) in [5.74, 6) is -0.253. The van der Waals surface area contributed by atoms with Gasteiger partial charge in [-0.1, -0.05) is 6.07 Å². The topological polar surface area (TPSA) is 41.4 Å². The molecular formula is C22H25FN4OS. The molecule has 152 valence electrons. The van der Waals surface area contributed by atoms with Crippen LogP contribution >= 0.6 is 11.3 Å². The second-order valence-corrected chi connectivity index (χ2v) is 8.92. The van der Waals surface area contributed by atoms with Gasteiger partial charge in [0.25, 0.3) is 5.56 Å². The van der Waals surface area contributed by atoms with Crippen LogP contribution in [0.1, 0.15) is 21.7 Å². The first-order valence-electron chi connectivity index (χ1n) is 9.66. The van der Waals surface area contributed by atoms with Crippen LogP contribution in [-0.2, 0) is 26.6 Å². The maximum absolute atomic E-state index is 13.7. The maximum atomic E-state index is 13.7. The summed E-state index contributed by atoms with van der Waals surface area (Å²) in [7, 11) is 5.83. The van der Waals surface area contributed by atoms with Crippen molar-refractivity contribution in [3.8, 4) is 11.1 Å². The Morgan fingerprint density at radius 1 is 1.28 bits per heavy atom. The first-order valence-corrected chi connectivity index (χ1v) is 10.5. The van der Waals surface area contributed by atoms with E-state index in [0.29, 0.717) is 11.1 Å². The normalized spacial score (nSPS) is 14.1. The smallest absolute Gasteiger partial charge is 0.258 e. The molecule has 3 aromatic rings. The third kappa shape index (κ3) is 3.84. The van der Waals surface area contributed by atoms with Crippen molar-refractivity contribution in [3.05, 3.63) is 68.3 Å². The first kappa shape index (κ1) is 19.8. The Morgan fingerprint density at radius 2 is 2.07 bits per heavy atom. The van der Waals surface area contributed by atoms with Crippen LogP contribution in [0.25, 0.3) is 11.1 Å². The molecule has 0 aliphatic carbocycles. The minimum Gasteiger partial charge on any atom is -0.354 e. The molecule has 7 heteroatoms. The van der Waals surface area contributed by atoms with Crippen molar-refractivity contribution in [1.82, 2.24) is 14.5 Å². The molecule has 0 saturated carbocycles. The number of nitrogens with zero attached hydrogens (tertiary/aromatic N) is 4.